The van der Waals surface area contributed by atoms with E-state index in [-0.39, 0.29) is 17.9 Å². The number of ether oxygens (including phenoxy) is 1. The van der Waals surface area contributed by atoms with Crippen LogP contribution in [0.1, 0.15) is 49.9 Å². The van der Waals surface area contributed by atoms with Crippen LogP contribution in [0.3, 0.4) is 0 Å². The van der Waals surface area contributed by atoms with Crippen molar-refractivity contribution in [3.63, 3.8) is 0 Å². The maximum absolute atomic E-state index is 12.6. The van der Waals surface area contributed by atoms with Gasteiger partial charge in [-0.3, -0.25) is 9.59 Å². The normalized spacial score (nSPS) is 18.2. The Morgan fingerprint density at radius 3 is 2.84 bits per heavy atom. The second kappa shape index (κ2) is 9.09. The third-order valence-electron chi connectivity index (χ3n) is 4.52. The second-order valence-corrected chi connectivity index (χ2v) is 7.34. The number of carbonyl (C=O) groups is 2. The molecule has 0 bridgehead atoms. The monoisotopic (exact) mass is 366 g/mol. The van der Waals surface area contributed by atoms with E-state index in [1.54, 1.807) is 18.2 Å². The minimum Gasteiger partial charge on any atom is -0.496 e. The summed E-state index contributed by atoms with van der Waals surface area (Å²) < 4.78 is 5.24. The number of hydrogen-bond acceptors (Lipinski definition) is 3. The molecule has 1 fully saturated rings. The van der Waals surface area contributed by atoms with Crippen molar-refractivity contribution in [3.8, 4) is 5.75 Å². The van der Waals surface area contributed by atoms with Crippen molar-refractivity contribution in [3.05, 3.63) is 28.8 Å². The van der Waals surface area contributed by atoms with Crippen LogP contribution in [0.2, 0.25) is 5.02 Å². The second-order valence-electron chi connectivity index (χ2n) is 6.91. The molecule has 2 rings (SSSR count). The van der Waals surface area contributed by atoms with Crippen molar-refractivity contribution < 1.29 is 14.3 Å². The number of benzene rings is 1. The van der Waals surface area contributed by atoms with Gasteiger partial charge < -0.3 is 15.0 Å². The summed E-state index contributed by atoms with van der Waals surface area (Å²) in [6.07, 6.45) is 2.89. The topological polar surface area (TPSA) is 58.6 Å². The summed E-state index contributed by atoms with van der Waals surface area (Å²) in [5, 5.41) is 3.51. The SMILES string of the molecule is COc1ccc(Cl)cc1C(=O)NC1CCC(=O)N(CCC(C)C)CC1. The fourth-order valence-electron chi connectivity index (χ4n) is 2.95. The van der Waals surface area contributed by atoms with Crippen molar-refractivity contribution in [1.29, 1.82) is 0 Å². The summed E-state index contributed by atoms with van der Waals surface area (Å²) in [7, 11) is 1.52. The zero-order chi connectivity index (χ0) is 18.4. The number of carbonyl (C=O) groups excluding carboxylic acids is 2. The van der Waals surface area contributed by atoms with E-state index >= 15 is 0 Å². The van der Waals surface area contributed by atoms with Crippen LogP contribution in [0.15, 0.2) is 18.2 Å². The minimum atomic E-state index is -0.215. The first-order valence-electron chi connectivity index (χ1n) is 8.83. The number of amides is 2. The number of likely N-dealkylation sites (tertiary alicyclic amines) is 1. The van der Waals surface area contributed by atoms with Gasteiger partial charge in [0.2, 0.25) is 5.91 Å². The van der Waals surface area contributed by atoms with Gasteiger partial charge in [-0.05, 0) is 43.4 Å². The van der Waals surface area contributed by atoms with Crippen molar-refractivity contribution >= 4 is 23.4 Å². The van der Waals surface area contributed by atoms with Gasteiger partial charge >= 0.3 is 0 Å². The lowest BCUT2D eigenvalue weighted by atomic mass is 10.1. The van der Waals surface area contributed by atoms with Crippen molar-refractivity contribution in [2.75, 3.05) is 20.2 Å². The molecule has 1 aromatic rings. The Hall–Kier alpha value is -1.75. The van der Waals surface area contributed by atoms with Gasteiger partial charge in [0.05, 0.1) is 12.7 Å². The number of hydrogen-bond donors (Lipinski definition) is 1. The van der Waals surface area contributed by atoms with E-state index < -0.39 is 0 Å². The lowest BCUT2D eigenvalue weighted by molar-refractivity contribution is -0.130. The average Bonchev–Trinajstić information content (AvgIpc) is 2.75. The summed E-state index contributed by atoms with van der Waals surface area (Å²) in [6, 6.07) is 4.95. The molecule has 6 heteroatoms. The number of rotatable bonds is 6. The maximum Gasteiger partial charge on any atom is 0.255 e. The van der Waals surface area contributed by atoms with Crippen molar-refractivity contribution in [2.45, 2.75) is 45.6 Å². The molecule has 138 valence electrons. The Balaban J connectivity index is 1.98. The summed E-state index contributed by atoms with van der Waals surface area (Å²) in [5.41, 5.74) is 0.419. The van der Waals surface area contributed by atoms with Gasteiger partial charge in [0, 0.05) is 30.6 Å². The predicted octanol–water partition coefficient (Wildman–Crippen LogP) is 3.51. The Morgan fingerprint density at radius 1 is 1.40 bits per heavy atom. The molecule has 1 aromatic carbocycles. The van der Waals surface area contributed by atoms with Crippen LogP contribution in [0.25, 0.3) is 0 Å². The fraction of sp³-hybridized carbons (Fsp3) is 0.579. The smallest absolute Gasteiger partial charge is 0.255 e. The summed E-state index contributed by atoms with van der Waals surface area (Å²) in [5.74, 6) is 1.03. The molecular formula is C19H27ClN2O3. The van der Waals surface area contributed by atoms with Gasteiger partial charge in [-0.15, -0.1) is 0 Å². The van der Waals surface area contributed by atoms with Crippen molar-refractivity contribution in [2.24, 2.45) is 5.92 Å². The van der Waals surface area contributed by atoms with Crippen LogP contribution in [-0.4, -0.2) is 43.0 Å². The molecule has 5 nitrogen and oxygen atoms in total. The van der Waals surface area contributed by atoms with Crippen LogP contribution in [0.4, 0.5) is 0 Å². The van der Waals surface area contributed by atoms with E-state index in [9.17, 15) is 9.59 Å². The van der Waals surface area contributed by atoms with E-state index in [2.05, 4.69) is 19.2 Å². The average molecular weight is 367 g/mol. The number of halogens is 1. The largest absolute Gasteiger partial charge is 0.496 e. The molecule has 1 aliphatic rings. The van der Waals surface area contributed by atoms with Crippen LogP contribution < -0.4 is 10.1 Å². The Kier molecular flexibility index (Phi) is 7.12. The van der Waals surface area contributed by atoms with E-state index in [4.69, 9.17) is 16.3 Å². The van der Waals surface area contributed by atoms with Gasteiger partial charge in [0.25, 0.3) is 5.91 Å². The molecule has 1 aliphatic heterocycles. The molecule has 1 heterocycles. The van der Waals surface area contributed by atoms with Gasteiger partial charge in [-0.25, -0.2) is 0 Å². The molecule has 25 heavy (non-hydrogen) atoms. The van der Waals surface area contributed by atoms with Gasteiger partial charge in [-0.2, -0.15) is 0 Å². The summed E-state index contributed by atoms with van der Waals surface area (Å²) >= 11 is 6.00. The molecule has 0 saturated carbocycles. The molecule has 1 atom stereocenters. The lowest BCUT2D eigenvalue weighted by Gasteiger charge is -2.22. The molecule has 1 saturated heterocycles. The van der Waals surface area contributed by atoms with Gasteiger partial charge in [0.15, 0.2) is 0 Å². The summed E-state index contributed by atoms with van der Waals surface area (Å²) in [6.45, 7) is 5.79. The highest BCUT2D eigenvalue weighted by Crippen LogP contribution is 2.23. The number of nitrogens with zero attached hydrogens (tertiary/aromatic N) is 1. The van der Waals surface area contributed by atoms with E-state index in [1.807, 2.05) is 4.90 Å². The van der Waals surface area contributed by atoms with Gasteiger partial charge in [0.1, 0.15) is 5.75 Å². The third-order valence-corrected chi connectivity index (χ3v) is 4.76. The molecule has 1 unspecified atom stereocenters. The number of nitrogens with one attached hydrogen (secondary N) is 1. The highest BCUT2D eigenvalue weighted by atomic mass is 35.5. The maximum atomic E-state index is 12.6. The minimum absolute atomic E-state index is 0.0239. The molecule has 0 aromatic heterocycles. The van der Waals surface area contributed by atoms with Crippen LogP contribution in [0, 0.1) is 5.92 Å². The first-order valence-corrected chi connectivity index (χ1v) is 9.20. The molecule has 0 radical (unpaired) electrons. The molecule has 1 N–H and O–H groups in total. The lowest BCUT2D eigenvalue weighted by Crippen LogP contribution is -2.36. The van der Waals surface area contributed by atoms with Crippen LogP contribution in [-0.2, 0) is 4.79 Å². The third kappa shape index (κ3) is 5.63. The van der Waals surface area contributed by atoms with Crippen LogP contribution >= 0.6 is 11.6 Å². The van der Waals surface area contributed by atoms with E-state index in [1.165, 1.54) is 7.11 Å². The highest BCUT2D eigenvalue weighted by Gasteiger charge is 2.24. The molecule has 0 aliphatic carbocycles. The van der Waals surface area contributed by atoms with Crippen LogP contribution in [0.5, 0.6) is 5.75 Å². The zero-order valence-electron chi connectivity index (χ0n) is 15.2. The standard InChI is InChI=1S/C19H27ClN2O3/c1-13(2)8-10-22-11-9-15(5-7-18(22)23)21-19(24)16-12-14(20)4-6-17(16)25-3/h4,6,12-13,15H,5,7-11H2,1-3H3,(H,21,24). The number of methoxy groups -OCH3 is 1. The predicted molar refractivity (Wildman–Crippen MR) is 99.1 cm³/mol. The van der Waals surface area contributed by atoms with Crippen molar-refractivity contribution in [1.82, 2.24) is 10.2 Å². The van der Waals surface area contributed by atoms with E-state index in [0.29, 0.717) is 41.6 Å². The highest BCUT2D eigenvalue weighted by molar-refractivity contribution is 6.31. The fourth-order valence-corrected chi connectivity index (χ4v) is 3.12. The molecular weight excluding hydrogens is 340 g/mol. The Morgan fingerprint density at radius 2 is 2.16 bits per heavy atom. The Bertz CT molecular complexity index is 619. The zero-order valence-corrected chi connectivity index (χ0v) is 15.9. The summed E-state index contributed by atoms with van der Waals surface area (Å²) in [4.78, 5) is 26.8. The van der Waals surface area contributed by atoms with Gasteiger partial charge in [-0.1, -0.05) is 25.4 Å². The molecule has 2 amide bonds. The quantitative estimate of drug-likeness (QED) is 0.838. The molecule has 0 spiro atoms. The first-order chi connectivity index (χ1) is 11.9. The van der Waals surface area contributed by atoms with E-state index in [0.717, 1.165) is 19.4 Å². The Labute approximate surface area is 154 Å². The first kappa shape index (κ1) is 19.6.